The number of hydrogen-bond acceptors (Lipinski definition) is 4. The topological polar surface area (TPSA) is 61.7 Å². The van der Waals surface area contributed by atoms with Gasteiger partial charge in [-0.15, -0.1) is 0 Å². The maximum atomic E-state index is 13.5. The summed E-state index contributed by atoms with van der Waals surface area (Å²) in [6.45, 7) is -0.481. The van der Waals surface area contributed by atoms with Crippen molar-refractivity contribution in [1.29, 1.82) is 0 Å². The molecule has 0 spiro atoms. The molecule has 11 heteroatoms. The number of rotatable bonds is 5. The Morgan fingerprint density at radius 1 is 0.886 bits per heavy atom. The number of aliphatic hydroxyl groups excluding tert-OH is 2. The van der Waals surface area contributed by atoms with Gasteiger partial charge in [0.2, 0.25) is 0 Å². The number of nitrogens with one attached hydrogen (secondary N) is 1. The zero-order valence-corrected chi connectivity index (χ0v) is 18.3. The van der Waals surface area contributed by atoms with E-state index in [1.54, 1.807) is 12.1 Å². The number of benzene rings is 2. The van der Waals surface area contributed by atoms with Crippen LogP contribution in [0, 0.1) is 11.7 Å². The number of hydrogen-bond donors (Lipinski definition) is 3. The molecule has 0 radical (unpaired) electrons. The number of ether oxygens (including phenoxy) is 1. The minimum Gasteiger partial charge on any atom is -0.389 e. The summed E-state index contributed by atoms with van der Waals surface area (Å²) in [5, 5.41) is 22.8. The van der Waals surface area contributed by atoms with Gasteiger partial charge in [0.25, 0.3) is 0 Å². The van der Waals surface area contributed by atoms with Crippen molar-refractivity contribution < 1.29 is 45.7 Å². The van der Waals surface area contributed by atoms with Crippen LogP contribution in [-0.4, -0.2) is 34.7 Å². The summed E-state index contributed by atoms with van der Waals surface area (Å²) in [6.07, 6.45) is -11.3. The maximum absolute atomic E-state index is 13.5. The molecule has 4 nitrogen and oxygen atoms in total. The quantitative estimate of drug-likeness (QED) is 0.500. The molecule has 2 aromatic carbocycles. The van der Waals surface area contributed by atoms with E-state index in [4.69, 9.17) is 4.74 Å². The number of alkyl halides is 6. The Balaban J connectivity index is 1.59. The molecule has 1 unspecified atom stereocenters. The molecule has 4 rings (SSSR count). The second-order valence-corrected chi connectivity index (χ2v) is 9.10. The van der Waals surface area contributed by atoms with Gasteiger partial charge in [0, 0.05) is 12.0 Å². The second kappa shape index (κ2) is 9.68. The lowest BCUT2D eigenvalue weighted by Gasteiger charge is -2.30. The molecule has 1 aliphatic heterocycles. The lowest BCUT2D eigenvalue weighted by molar-refractivity contribution is -0.143. The van der Waals surface area contributed by atoms with E-state index in [0.29, 0.717) is 30.5 Å². The highest BCUT2D eigenvalue weighted by molar-refractivity contribution is 5.33. The van der Waals surface area contributed by atoms with Crippen molar-refractivity contribution in [2.24, 2.45) is 5.92 Å². The van der Waals surface area contributed by atoms with Crippen LogP contribution in [0.2, 0.25) is 0 Å². The molecule has 0 amide bonds. The van der Waals surface area contributed by atoms with E-state index in [1.807, 2.05) is 0 Å². The van der Waals surface area contributed by atoms with Crippen molar-refractivity contribution in [3.63, 3.8) is 0 Å². The first-order chi connectivity index (χ1) is 16.3. The monoisotopic (exact) mass is 507 g/mol. The van der Waals surface area contributed by atoms with E-state index in [9.17, 15) is 40.9 Å². The van der Waals surface area contributed by atoms with Crippen LogP contribution in [-0.2, 0) is 23.7 Å². The third-order valence-corrected chi connectivity index (χ3v) is 6.77. The molecule has 35 heavy (non-hydrogen) atoms. The Morgan fingerprint density at radius 2 is 1.49 bits per heavy atom. The number of halogens is 7. The van der Waals surface area contributed by atoms with Crippen molar-refractivity contribution in [3.05, 3.63) is 70.5 Å². The van der Waals surface area contributed by atoms with Gasteiger partial charge in [0.05, 0.1) is 29.9 Å². The van der Waals surface area contributed by atoms with Crippen LogP contribution in [0.1, 0.15) is 47.4 Å². The summed E-state index contributed by atoms with van der Waals surface area (Å²) < 4.78 is 98.6. The Bertz CT molecular complexity index is 983. The first-order valence-electron chi connectivity index (χ1n) is 11.1. The van der Waals surface area contributed by atoms with E-state index in [1.165, 1.54) is 12.1 Å². The van der Waals surface area contributed by atoms with Crippen LogP contribution in [0.4, 0.5) is 30.7 Å². The molecular weight excluding hydrogens is 483 g/mol. The van der Waals surface area contributed by atoms with Crippen molar-refractivity contribution in [1.82, 2.24) is 5.32 Å². The fourth-order valence-electron chi connectivity index (χ4n) is 5.17. The summed E-state index contributed by atoms with van der Waals surface area (Å²) in [5.74, 6) is -1.00. The van der Waals surface area contributed by atoms with Crippen LogP contribution >= 0.6 is 0 Å². The second-order valence-electron chi connectivity index (χ2n) is 9.10. The molecule has 0 bridgehead atoms. The van der Waals surface area contributed by atoms with Crippen LogP contribution in [0.5, 0.6) is 0 Å². The average Bonchev–Trinajstić information content (AvgIpc) is 3.34. The highest BCUT2D eigenvalue weighted by Crippen LogP contribution is 2.46. The van der Waals surface area contributed by atoms with Crippen molar-refractivity contribution in [3.8, 4) is 0 Å². The first-order valence-corrected chi connectivity index (χ1v) is 11.1. The third-order valence-electron chi connectivity index (χ3n) is 6.77. The minimum absolute atomic E-state index is 0.0683. The van der Waals surface area contributed by atoms with Crippen LogP contribution in [0.15, 0.2) is 42.5 Å². The summed E-state index contributed by atoms with van der Waals surface area (Å²) in [6, 6.07) is 6.68. The van der Waals surface area contributed by atoms with Gasteiger partial charge < -0.3 is 14.9 Å². The van der Waals surface area contributed by atoms with Gasteiger partial charge in [-0.3, -0.25) is 5.32 Å². The first kappa shape index (κ1) is 25.9. The van der Waals surface area contributed by atoms with Gasteiger partial charge in [0.1, 0.15) is 12.0 Å². The van der Waals surface area contributed by atoms with Gasteiger partial charge in [-0.2, -0.15) is 26.3 Å². The van der Waals surface area contributed by atoms with Gasteiger partial charge in [-0.1, -0.05) is 12.1 Å². The Morgan fingerprint density at radius 3 is 2.00 bits per heavy atom. The van der Waals surface area contributed by atoms with E-state index in [-0.39, 0.29) is 35.9 Å². The Labute approximate surface area is 196 Å². The normalized spacial score (nSPS) is 29.6. The highest BCUT2D eigenvalue weighted by atomic mass is 19.4. The molecular formula is C24H24F7NO3. The van der Waals surface area contributed by atoms with Gasteiger partial charge in [-0.25, -0.2) is 4.39 Å². The average molecular weight is 507 g/mol. The molecule has 0 aromatic heterocycles. The fraction of sp³-hybridized carbons (Fsp3) is 0.500. The summed E-state index contributed by atoms with van der Waals surface area (Å²) in [5.41, 5.74) is -2.40. The predicted molar refractivity (Wildman–Crippen MR) is 110 cm³/mol. The molecule has 2 aromatic rings. The fourth-order valence-corrected chi connectivity index (χ4v) is 5.17. The number of aliphatic hydroxyl groups is 2. The molecule has 1 saturated carbocycles. The predicted octanol–water partition coefficient (Wildman–Crippen LogP) is 4.98. The van der Waals surface area contributed by atoms with E-state index in [2.05, 4.69) is 5.32 Å². The van der Waals surface area contributed by atoms with Crippen LogP contribution < -0.4 is 5.32 Å². The van der Waals surface area contributed by atoms with E-state index >= 15 is 0 Å². The van der Waals surface area contributed by atoms with Gasteiger partial charge in [-0.05, 0) is 66.6 Å². The van der Waals surface area contributed by atoms with Crippen LogP contribution in [0.25, 0.3) is 0 Å². The van der Waals surface area contributed by atoms with E-state index < -0.39 is 54.3 Å². The molecule has 3 N–H and O–H groups in total. The highest BCUT2D eigenvalue weighted by Gasteiger charge is 2.46. The standard InChI is InChI=1S/C24H24F7NO3/c25-16-3-1-13(2-4-16)21-17(18-10-19(33)22(34)32-18)5-6-20(21)35-11-12-7-14(23(26,27)28)9-15(8-12)24(29,30)31/h1-4,7-9,17-22,32-34H,5-6,10-11H2/t17-,18-,19+,20-,21-,22?/m0/s1. The molecule has 2 fully saturated rings. The molecule has 1 heterocycles. The van der Waals surface area contributed by atoms with Crippen molar-refractivity contribution in [2.45, 2.75) is 68.6 Å². The van der Waals surface area contributed by atoms with Crippen molar-refractivity contribution in [2.75, 3.05) is 0 Å². The molecule has 1 saturated heterocycles. The van der Waals surface area contributed by atoms with Gasteiger partial charge >= 0.3 is 12.4 Å². The maximum Gasteiger partial charge on any atom is 0.416 e. The zero-order chi connectivity index (χ0) is 25.5. The Kier molecular flexibility index (Phi) is 7.16. The minimum atomic E-state index is -4.96. The molecule has 2 aliphatic rings. The van der Waals surface area contributed by atoms with Crippen LogP contribution in [0.3, 0.4) is 0 Å². The third kappa shape index (κ3) is 5.79. The molecule has 1 aliphatic carbocycles. The Hall–Kier alpha value is -2.21. The lowest BCUT2D eigenvalue weighted by Crippen LogP contribution is -2.38. The largest absolute Gasteiger partial charge is 0.416 e. The molecule has 192 valence electrons. The summed E-state index contributed by atoms with van der Waals surface area (Å²) >= 11 is 0. The summed E-state index contributed by atoms with van der Waals surface area (Å²) in [4.78, 5) is 0. The summed E-state index contributed by atoms with van der Waals surface area (Å²) in [7, 11) is 0. The van der Waals surface area contributed by atoms with Gasteiger partial charge in [0.15, 0.2) is 0 Å². The van der Waals surface area contributed by atoms with Crippen molar-refractivity contribution >= 4 is 0 Å². The smallest absolute Gasteiger partial charge is 0.389 e. The molecule has 6 atom stereocenters. The SMILES string of the molecule is OC1N[C@H]([C@@H]2CC[C@H](OCc3cc(C(F)(F)F)cc(C(F)(F)F)c3)[C@H]2c2ccc(F)cc2)C[C@H]1O. The zero-order valence-electron chi connectivity index (χ0n) is 18.3. The lowest BCUT2D eigenvalue weighted by atomic mass is 9.82. The van der Waals surface area contributed by atoms with E-state index in [0.717, 1.165) is 0 Å².